The maximum atomic E-state index is 14.8. The summed E-state index contributed by atoms with van der Waals surface area (Å²) in [5, 5.41) is 11.5. The zero-order valence-electron chi connectivity index (χ0n) is 20.5. The summed E-state index contributed by atoms with van der Waals surface area (Å²) in [5.74, 6) is -2.62. The third-order valence-electron chi connectivity index (χ3n) is 6.41. The summed E-state index contributed by atoms with van der Waals surface area (Å²) in [6, 6.07) is 4.95. The molecule has 2 amide bonds. The van der Waals surface area contributed by atoms with E-state index in [1.165, 1.54) is 4.90 Å². The van der Waals surface area contributed by atoms with E-state index in [4.69, 9.17) is 9.84 Å². The number of amides is 2. The predicted molar refractivity (Wildman–Crippen MR) is 134 cm³/mol. The van der Waals surface area contributed by atoms with E-state index in [-0.39, 0.29) is 42.3 Å². The normalized spacial score (nSPS) is 17.1. The summed E-state index contributed by atoms with van der Waals surface area (Å²) >= 11 is 0. The van der Waals surface area contributed by atoms with Crippen molar-refractivity contribution in [2.75, 3.05) is 37.2 Å². The van der Waals surface area contributed by atoms with Crippen LogP contribution in [0.5, 0.6) is 5.75 Å². The Morgan fingerprint density at radius 1 is 1.06 bits per heavy atom. The molecular formula is C26H30F2N2O5S. The molecule has 4 rings (SSSR count). The second kappa shape index (κ2) is 10.1. The standard InChI is InChI=1S/C26H30F2N2O5S/c1-36(2,3)25-19(27)13-17(14-20(25)28)29-26(34)24-18-11-16-8-10-35-21(16)12-15(18)7-9-30(24)22(31)5-4-6-23(32)33/h11-14,24H,4-10H2,1-3H3,(H,29,34)(H,32,33)/t24-/m1/s1. The molecule has 2 aliphatic rings. The van der Waals surface area contributed by atoms with Gasteiger partial charge in [0.05, 0.1) is 11.5 Å². The van der Waals surface area contributed by atoms with Crippen molar-refractivity contribution in [2.45, 2.75) is 43.0 Å². The van der Waals surface area contributed by atoms with Crippen LogP contribution in [0.2, 0.25) is 0 Å². The number of carbonyl (C=O) groups is 3. The molecule has 0 aromatic heterocycles. The van der Waals surface area contributed by atoms with Gasteiger partial charge in [-0.2, -0.15) is 0 Å². The SMILES string of the molecule is CS(C)(C)c1c(F)cc(NC(=O)[C@H]2c3cc4c(cc3CCN2C(=O)CCCC(=O)O)OCC4)cc1F. The van der Waals surface area contributed by atoms with E-state index in [2.05, 4.69) is 5.32 Å². The lowest BCUT2D eigenvalue weighted by molar-refractivity contribution is -0.140. The van der Waals surface area contributed by atoms with Gasteiger partial charge in [-0.05, 0) is 72.6 Å². The molecule has 0 saturated carbocycles. The van der Waals surface area contributed by atoms with Gasteiger partial charge in [0.1, 0.15) is 23.4 Å². The molecule has 0 aliphatic carbocycles. The van der Waals surface area contributed by atoms with Crippen LogP contribution in [0.15, 0.2) is 29.2 Å². The average Bonchev–Trinajstić information content (AvgIpc) is 3.22. The maximum Gasteiger partial charge on any atom is 0.303 e. The second-order valence-corrected chi connectivity index (χ2v) is 13.9. The Bertz CT molecular complexity index is 1200. The van der Waals surface area contributed by atoms with Crippen molar-refractivity contribution in [2.24, 2.45) is 0 Å². The number of anilines is 1. The molecule has 2 aromatic carbocycles. The van der Waals surface area contributed by atoms with Gasteiger partial charge in [0.15, 0.2) is 0 Å². The summed E-state index contributed by atoms with van der Waals surface area (Å²) in [6.07, 6.45) is 6.50. The van der Waals surface area contributed by atoms with E-state index in [1.807, 2.05) is 12.1 Å². The Kier molecular flexibility index (Phi) is 7.26. The lowest BCUT2D eigenvalue weighted by Crippen LogP contribution is -2.45. The highest BCUT2D eigenvalue weighted by molar-refractivity contribution is 8.32. The first-order chi connectivity index (χ1) is 17.0. The van der Waals surface area contributed by atoms with Gasteiger partial charge in [-0.3, -0.25) is 14.4 Å². The number of aliphatic carboxylic acids is 1. The summed E-state index contributed by atoms with van der Waals surface area (Å²) in [4.78, 5) is 39.0. The molecule has 7 nitrogen and oxygen atoms in total. The molecule has 1 atom stereocenters. The first kappa shape index (κ1) is 25.9. The number of hydrogen-bond donors (Lipinski definition) is 2. The first-order valence-corrected chi connectivity index (χ1v) is 14.6. The number of carbonyl (C=O) groups excluding carboxylic acids is 2. The van der Waals surface area contributed by atoms with Crippen LogP contribution < -0.4 is 10.1 Å². The van der Waals surface area contributed by atoms with E-state index in [0.29, 0.717) is 25.0 Å². The minimum Gasteiger partial charge on any atom is -0.493 e. The van der Waals surface area contributed by atoms with Crippen LogP contribution in [0.1, 0.15) is 42.0 Å². The quantitative estimate of drug-likeness (QED) is 0.569. The lowest BCUT2D eigenvalue weighted by Gasteiger charge is -2.37. The Labute approximate surface area is 210 Å². The number of carboxylic acid groups (broad SMARTS) is 1. The third-order valence-corrected chi connectivity index (χ3v) is 8.02. The highest BCUT2D eigenvalue weighted by Gasteiger charge is 2.37. The lowest BCUT2D eigenvalue weighted by atomic mass is 9.89. The van der Waals surface area contributed by atoms with E-state index in [9.17, 15) is 23.2 Å². The molecule has 0 bridgehead atoms. The predicted octanol–water partition coefficient (Wildman–Crippen LogP) is 4.27. The summed E-state index contributed by atoms with van der Waals surface area (Å²) in [7, 11) is -1.68. The van der Waals surface area contributed by atoms with Gasteiger partial charge in [-0.25, -0.2) is 18.8 Å². The Morgan fingerprint density at radius 3 is 2.39 bits per heavy atom. The van der Waals surface area contributed by atoms with Gasteiger partial charge in [0.2, 0.25) is 5.91 Å². The van der Waals surface area contributed by atoms with Gasteiger partial charge >= 0.3 is 5.97 Å². The summed E-state index contributed by atoms with van der Waals surface area (Å²) in [6.45, 7) is 0.790. The van der Waals surface area contributed by atoms with Gasteiger partial charge in [0.25, 0.3) is 5.91 Å². The monoisotopic (exact) mass is 520 g/mol. The van der Waals surface area contributed by atoms with E-state index >= 15 is 0 Å². The number of carboxylic acids is 1. The Hall–Kier alpha value is -3.14. The number of rotatable bonds is 7. The van der Waals surface area contributed by atoms with Crippen LogP contribution in [0, 0.1) is 11.6 Å². The van der Waals surface area contributed by atoms with Gasteiger partial charge in [0, 0.05) is 31.5 Å². The zero-order valence-corrected chi connectivity index (χ0v) is 21.3. The molecular weight excluding hydrogens is 490 g/mol. The zero-order chi connectivity index (χ0) is 26.2. The molecule has 2 aliphatic heterocycles. The summed E-state index contributed by atoms with van der Waals surface area (Å²) < 4.78 is 35.3. The minimum atomic E-state index is -1.68. The van der Waals surface area contributed by atoms with Crippen molar-refractivity contribution in [3.8, 4) is 5.75 Å². The van der Waals surface area contributed by atoms with E-state index < -0.39 is 39.6 Å². The number of ether oxygens (including phenoxy) is 1. The molecule has 0 spiro atoms. The highest BCUT2D eigenvalue weighted by Crippen LogP contribution is 2.48. The van der Waals surface area contributed by atoms with Crippen LogP contribution in [0.4, 0.5) is 14.5 Å². The van der Waals surface area contributed by atoms with Crippen molar-refractivity contribution >= 4 is 33.5 Å². The molecule has 36 heavy (non-hydrogen) atoms. The van der Waals surface area contributed by atoms with Crippen LogP contribution in [0.25, 0.3) is 0 Å². The highest BCUT2D eigenvalue weighted by atomic mass is 32.3. The maximum absolute atomic E-state index is 14.8. The number of halogens is 2. The van der Waals surface area contributed by atoms with Crippen LogP contribution >= 0.6 is 10.0 Å². The molecule has 10 heteroatoms. The van der Waals surface area contributed by atoms with E-state index in [0.717, 1.165) is 29.0 Å². The van der Waals surface area contributed by atoms with Crippen LogP contribution in [-0.4, -0.2) is 59.7 Å². The van der Waals surface area contributed by atoms with Crippen LogP contribution in [-0.2, 0) is 27.2 Å². The fourth-order valence-electron chi connectivity index (χ4n) is 4.81. The Morgan fingerprint density at radius 2 is 1.75 bits per heavy atom. The second-order valence-electron chi connectivity index (χ2n) is 9.84. The number of nitrogens with zero attached hydrogens (tertiary/aromatic N) is 1. The van der Waals surface area contributed by atoms with Crippen molar-refractivity contribution < 1.29 is 33.0 Å². The number of nitrogens with one attached hydrogen (secondary N) is 1. The molecule has 0 fully saturated rings. The molecule has 2 heterocycles. The fourth-order valence-corrected chi connectivity index (χ4v) is 6.10. The minimum absolute atomic E-state index is 0.00862. The molecule has 2 aromatic rings. The van der Waals surface area contributed by atoms with Gasteiger partial charge in [-0.1, -0.05) is 0 Å². The average molecular weight is 521 g/mol. The largest absolute Gasteiger partial charge is 0.493 e. The van der Waals surface area contributed by atoms with Crippen molar-refractivity contribution in [3.05, 3.63) is 52.6 Å². The molecule has 0 unspecified atom stereocenters. The molecule has 2 N–H and O–H groups in total. The van der Waals surface area contributed by atoms with Crippen molar-refractivity contribution in [1.29, 1.82) is 0 Å². The fraction of sp³-hybridized carbons (Fsp3) is 0.423. The Balaban J connectivity index is 1.66. The van der Waals surface area contributed by atoms with E-state index in [1.54, 1.807) is 18.8 Å². The van der Waals surface area contributed by atoms with Crippen molar-refractivity contribution in [3.63, 3.8) is 0 Å². The van der Waals surface area contributed by atoms with Gasteiger partial charge in [-0.15, -0.1) is 0 Å². The topological polar surface area (TPSA) is 95.9 Å². The molecule has 0 saturated heterocycles. The van der Waals surface area contributed by atoms with Gasteiger partial charge < -0.3 is 20.1 Å². The van der Waals surface area contributed by atoms with Crippen molar-refractivity contribution in [1.82, 2.24) is 4.90 Å². The van der Waals surface area contributed by atoms with Crippen LogP contribution in [0.3, 0.4) is 0 Å². The third kappa shape index (κ3) is 5.33. The number of fused-ring (bicyclic) bond motifs is 2. The molecule has 194 valence electrons. The smallest absolute Gasteiger partial charge is 0.303 e. The summed E-state index contributed by atoms with van der Waals surface area (Å²) in [5.41, 5.74) is 2.42. The number of hydrogen-bond acceptors (Lipinski definition) is 4. The number of benzene rings is 2. The molecule has 0 radical (unpaired) electrons. The first-order valence-electron chi connectivity index (χ1n) is 11.7.